The number of hydrogen-bond donors (Lipinski definition) is 2. The summed E-state index contributed by atoms with van der Waals surface area (Å²) in [6.07, 6.45) is 0. The molecular weight excluding hydrogens is 220 g/mol. The molecule has 0 fully saturated rings. The van der Waals surface area contributed by atoms with E-state index in [1.807, 2.05) is 17.5 Å². The molecule has 1 aromatic heterocycles. The summed E-state index contributed by atoms with van der Waals surface area (Å²) in [6.45, 7) is 1.55. The van der Waals surface area contributed by atoms with Gasteiger partial charge in [-0.3, -0.25) is 4.79 Å². The molecule has 0 aliphatic rings. The summed E-state index contributed by atoms with van der Waals surface area (Å²) in [6, 6.07) is 7.20. The number of ketones is 1. The molecule has 82 valence electrons. The number of benzene rings is 1. The van der Waals surface area contributed by atoms with Crippen LogP contribution in [-0.2, 0) is 0 Å². The van der Waals surface area contributed by atoms with Gasteiger partial charge in [0.15, 0.2) is 5.78 Å². The number of thiophene rings is 1. The molecular formula is C12H12N2OS. The third kappa shape index (κ3) is 1.92. The molecule has 0 unspecified atom stereocenters. The first-order chi connectivity index (χ1) is 7.58. The minimum atomic E-state index is 0.0683. The standard InChI is InChI=1S/C12H12N2OS/c1-7(15)12-4-8(6-16-12)10-5-9(13)2-3-11(10)14/h2-6H,13-14H2,1H3. The van der Waals surface area contributed by atoms with Gasteiger partial charge in [-0.05, 0) is 42.1 Å². The van der Waals surface area contributed by atoms with Gasteiger partial charge in [0.05, 0.1) is 4.88 Å². The molecule has 0 amide bonds. The van der Waals surface area contributed by atoms with Gasteiger partial charge < -0.3 is 11.5 Å². The maximum atomic E-state index is 11.2. The number of carbonyl (C=O) groups is 1. The first-order valence-electron chi connectivity index (χ1n) is 4.83. The summed E-state index contributed by atoms with van der Waals surface area (Å²) in [7, 11) is 0. The summed E-state index contributed by atoms with van der Waals surface area (Å²) in [4.78, 5) is 11.9. The zero-order valence-corrected chi connectivity index (χ0v) is 9.67. The highest BCUT2D eigenvalue weighted by atomic mass is 32.1. The molecule has 0 saturated heterocycles. The third-order valence-corrected chi connectivity index (χ3v) is 3.37. The normalized spacial score (nSPS) is 10.3. The number of anilines is 2. The summed E-state index contributed by atoms with van der Waals surface area (Å²) in [5.41, 5.74) is 14.7. The maximum Gasteiger partial charge on any atom is 0.169 e. The van der Waals surface area contributed by atoms with Crippen LogP contribution >= 0.6 is 11.3 Å². The smallest absolute Gasteiger partial charge is 0.169 e. The lowest BCUT2D eigenvalue weighted by Gasteiger charge is -2.04. The zero-order valence-electron chi connectivity index (χ0n) is 8.86. The molecule has 16 heavy (non-hydrogen) atoms. The van der Waals surface area contributed by atoms with Crippen molar-refractivity contribution in [3.8, 4) is 11.1 Å². The number of nitrogen functional groups attached to an aromatic ring is 2. The van der Waals surface area contributed by atoms with E-state index in [1.165, 1.54) is 11.3 Å². The molecule has 3 nitrogen and oxygen atoms in total. The van der Waals surface area contributed by atoms with E-state index >= 15 is 0 Å². The Morgan fingerprint density at radius 1 is 1.25 bits per heavy atom. The summed E-state index contributed by atoms with van der Waals surface area (Å²) in [5, 5.41) is 1.92. The lowest BCUT2D eigenvalue weighted by atomic mass is 10.1. The second-order valence-corrected chi connectivity index (χ2v) is 4.51. The van der Waals surface area contributed by atoms with Crippen molar-refractivity contribution in [2.24, 2.45) is 0 Å². The van der Waals surface area contributed by atoms with Gasteiger partial charge in [0.2, 0.25) is 0 Å². The lowest BCUT2D eigenvalue weighted by Crippen LogP contribution is -1.92. The van der Waals surface area contributed by atoms with Gasteiger partial charge in [0.1, 0.15) is 0 Å². The molecule has 2 rings (SSSR count). The Kier molecular flexibility index (Phi) is 2.66. The van der Waals surface area contributed by atoms with Crippen molar-refractivity contribution in [3.63, 3.8) is 0 Å². The van der Waals surface area contributed by atoms with E-state index in [0.29, 0.717) is 11.4 Å². The molecule has 1 aromatic carbocycles. The van der Waals surface area contributed by atoms with Crippen LogP contribution in [0.1, 0.15) is 16.6 Å². The first-order valence-corrected chi connectivity index (χ1v) is 5.71. The van der Waals surface area contributed by atoms with Gasteiger partial charge >= 0.3 is 0 Å². The number of hydrogen-bond acceptors (Lipinski definition) is 4. The second kappa shape index (κ2) is 3.98. The van der Waals surface area contributed by atoms with Gasteiger partial charge in [0, 0.05) is 16.9 Å². The van der Waals surface area contributed by atoms with Gasteiger partial charge in [-0.1, -0.05) is 0 Å². The predicted octanol–water partition coefficient (Wildman–Crippen LogP) is 2.78. The predicted molar refractivity (Wildman–Crippen MR) is 68.6 cm³/mol. The number of rotatable bonds is 2. The van der Waals surface area contributed by atoms with Gasteiger partial charge in [0.25, 0.3) is 0 Å². The van der Waals surface area contributed by atoms with E-state index in [4.69, 9.17) is 11.5 Å². The quantitative estimate of drug-likeness (QED) is 0.618. The molecule has 0 aliphatic carbocycles. The fourth-order valence-corrected chi connectivity index (χ4v) is 2.30. The van der Waals surface area contributed by atoms with Crippen LogP contribution in [0.25, 0.3) is 11.1 Å². The third-order valence-electron chi connectivity index (χ3n) is 2.33. The van der Waals surface area contributed by atoms with Crippen molar-refractivity contribution < 1.29 is 4.79 Å². The van der Waals surface area contributed by atoms with Gasteiger partial charge in [-0.2, -0.15) is 0 Å². The van der Waals surface area contributed by atoms with E-state index < -0.39 is 0 Å². The fraction of sp³-hybridized carbons (Fsp3) is 0.0833. The lowest BCUT2D eigenvalue weighted by molar-refractivity contribution is 0.102. The molecule has 2 aromatic rings. The minimum absolute atomic E-state index is 0.0683. The van der Waals surface area contributed by atoms with Crippen LogP contribution in [-0.4, -0.2) is 5.78 Å². The van der Waals surface area contributed by atoms with Crippen LogP contribution in [0.15, 0.2) is 29.6 Å². The monoisotopic (exact) mass is 232 g/mol. The Balaban J connectivity index is 2.50. The van der Waals surface area contributed by atoms with Crippen LogP contribution in [0, 0.1) is 0 Å². The summed E-state index contributed by atoms with van der Waals surface area (Å²) < 4.78 is 0. The number of nitrogens with two attached hydrogens (primary N) is 2. The Hall–Kier alpha value is -1.81. The Labute approximate surface area is 97.7 Å². The van der Waals surface area contributed by atoms with Crippen molar-refractivity contribution in [3.05, 3.63) is 34.5 Å². The number of Topliss-reactive ketones (excluding diaryl/α,β-unsaturated/α-hetero) is 1. The zero-order chi connectivity index (χ0) is 11.7. The Morgan fingerprint density at radius 3 is 2.62 bits per heavy atom. The molecule has 0 atom stereocenters. The highest BCUT2D eigenvalue weighted by Gasteiger charge is 2.08. The topological polar surface area (TPSA) is 69.1 Å². The first kappa shape index (κ1) is 10.7. The van der Waals surface area contributed by atoms with Crippen molar-refractivity contribution in [2.75, 3.05) is 11.5 Å². The van der Waals surface area contributed by atoms with E-state index in [-0.39, 0.29) is 5.78 Å². The number of carbonyl (C=O) groups excluding carboxylic acids is 1. The molecule has 0 saturated carbocycles. The van der Waals surface area contributed by atoms with E-state index in [9.17, 15) is 4.79 Å². The average molecular weight is 232 g/mol. The highest BCUT2D eigenvalue weighted by molar-refractivity contribution is 7.12. The van der Waals surface area contributed by atoms with Crippen molar-refractivity contribution in [2.45, 2.75) is 6.92 Å². The van der Waals surface area contributed by atoms with Crippen LogP contribution in [0.5, 0.6) is 0 Å². The molecule has 0 aliphatic heterocycles. The van der Waals surface area contributed by atoms with Crippen LogP contribution in [0.4, 0.5) is 11.4 Å². The Morgan fingerprint density at radius 2 is 2.00 bits per heavy atom. The van der Waals surface area contributed by atoms with E-state index in [1.54, 1.807) is 19.1 Å². The summed E-state index contributed by atoms with van der Waals surface area (Å²) in [5.74, 6) is 0.0683. The fourth-order valence-electron chi connectivity index (χ4n) is 1.49. The Bertz CT molecular complexity index is 546. The van der Waals surface area contributed by atoms with Crippen molar-refractivity contribution >= 4 is 28.5 Å². The van der Waals surface area contributed by atoms with Crippen molar-refractivity contribution in [1.82, 2.24) is 0 Å². The van der Waals surface area contributed by atoms with Crippen LogP contribution < -0.4 is 11.5 Å². The van der Waals surface area contributed by atoms with Crippen LogP contribution in [0.3, 0.4) is 0 Å². The molecule has 0 radical (unpaired) electrons. The molecule has 0 spiro atoms. The summed E-state index contributed by atoms with van der Waals surface area (Å²) >= 11 is 1.42. The molecule has 1 heterocycles. The molecule has 4 heteroatoms. The van der Waals surface area contributed by atoms with Gasteiger partial charge in [-0.15, -0.1) is 11.3 Å². The van der Waals surface area contributed by atoms with Gasteiger partial charge in [-0.25, -0.2) is 0 Å². The van der Waals surface area contributed by atoms with E-state index in [0.717, 1.165) is 16.0 Å². The maximum absolute atomic E-state index is 11.2. The van der Waals surface area contributed by atoms with E-state index in [2.05, 4.69) is 0 Å². The van der Waals surface area contributed by atoms with Crippen molar-refractivity contribution in [1.29, 1.82) is 0 Å². The molecule has 4 N–H and O–H groups in total. The minimum Gasteiger partial charge on any atom is -0.399 e. The average Bonchev–Trinajstić information content (AvgIpc) is 2.70. The largest absolute Gasteiger partial charge is 0.399 e. The second-order valence-electron chi connectivity index (χ2n) is 3.60. The van der Waals surface area contributed by atoms with Crippen LogP contribution in [0.2, 0.25) is 0 Å². The molecule has 0 bridgehead atoms. The SMILES string of the molecule is CC(=O)c1cc(-c2cc(N)ccc2N)cs1. The highest BCUT2D eigenvalue weighted by Crippen LogP contribution is 2.31.